The molecule has 0 aromatic heterocycles. The van der Waals surface area contributed by atoms with Gasteiger partial charge in [0, 0.05) is 5.56 Å². The number of methoxy groups -OCH3 is 1. The van der Waals surface area contributed by atoms with E-state index in [0.29, 0.717) is 17.2 Å². The summed E-state index contributed by atoms with van der Waals surface area (Å²) in [4.78, 5) is 13.4. The summed E-state index contributed by atoms with van der Waals surface area (Å²) in [5, 5.41) is 2.94. The van der Waals surface area contributed by atoms with Crippen LogP contribution in [0.3, 0.4) is 0 Å². The summed E-state index contributed by atoms with van der Waals surface area (Å²) in [6.45, 7) is 5.48. The summed E-state index contributed by atoms with van der Waals surface area (Å²) < 4.78 is 39.8. The maximum atomic E-state index is 13.6. The molecule has 1 aliphatic heterocycles. The fourth-order valence-electron chi connectivity index (χ4n) is 3.97. The average Bonchev–Trinajstić information content (AvgIpc) is 2.83. The monoisotopic (exact) mass is 480 g/mol. The second-order valence-corrected chi connectivity index (χ2v) is 10.3. The minimum atomic E-state index is -3.91. The van der Waals surface area contributed by atoms with Crippen LogP contribution in [0.15, 0.2) is 71.6 Å². The predicted octanol–water partition coefficient (Wildman–Crippen LogP) is 4.15. The number of nitrogens with zero attached hydrogens (tertiary/aromatic N) is 1. The molecule has 0 aliphatic carbocycles. The Bertz CT molecular complexity index is 1310. The minimum Gasteiger partial charge on any atom is -0.496 e. The first kappa shape index (κ1) is 23.6. The molecule has 34 heavy (non-hydrogen) atoms. The second kappa shape index (κ2) is 9.38. The minimum absolute atomic E-state index is 0.142. The van der Waals surface area contributed by atoms with E-state index in [1.807, 2.05) is 51.1 Å². The molecule has 0 spiro atoms. The van der Waals surface area contributed by atoms with Gasteiger partial charge in [-0.3, -0.25) is 9.10 Å². The van der Waals surface area contributed by atoms with Crippen molar-refractivity contribution in [1.82, 2.24) is 5.32 Å². The average molecular weight is 481 g/mol. The molecule has 1 N–H and O–H groups in total. The Balaban J connectivity index is 1.65. The highest BCUT2D eigenvalue weighted by Gasteiger charge is 2.38. The van der Waals surface area contributed by atoms with Gasteiger partial charge in [-0.25, -0.2) is 8.42 Å². The highest BCUT2D eigenvalue weighted by molar-refractivity contribution is 7.92. The highest BCUT2D eigenvalue weighted by Crippen LogP contribution is 2.38. The molecule has 0 radical (unpaired) electrons. The first-order valence-electron chi connectivity index (χ1n) is 11.0. The van der Waals surface area contributed by atoms with Gasteiger partial charge in [-0.05, 0) is 56.7 Å². The Labute approximate surface area is 200 Å². The van der Waals surface area contributed by atoms with Crippen LogP contribution in [0, 0.1) is 13.8 Å². The molecular formula is C26H28N2O5S. The maximum absolute atomic E-state index is 13.6. The second-order valence-electron chi connectivity index (χ2n) is 8.40. The SMILES string of the molecule is COc1ccccc1C(C)NC(=O)C1CN(S(=O)(=O)c2ccc(C)cc2)c2cc(C)ccc2O1. The van der Waals surface area contributed by atoms with E-state index in [1.165, 1.54) is 4.31 Å². The molecule has 7 nitrogen and oxygen atoms in total. The van der Waals surface area contributed by atoms with Gasteiger partial charge in [-0.15, -0.1) is 0 Å². The lowest BCUT2D eigenvalue weighted by Crippen LogP contribution is -2.51. The Morgan fingerprint density at radius 1 is 1.06 bits per heavy atom. The van der Waals surface area contributed by atoms with E-state index in [1.54, 1.807) is 43.5 Å². The van der Waals surface area contributed by atoms with Crippen LogP contribution in [-0.4, -0.2) is 34.1 Å². The van der Waals surface area contributed by atoms with Gasteiger partial charge in [0.15, 0.2) is 6.10 Å². The lowest BCUT2D eigenvalue weighted by molar-refractivity contribution is -0.128. The maximum Gasteiger partial charge on any atom is 0.264 e. The normalized spacial score (nSPS) is 16.2. The number of nitrogens with one attached hydrogen (secondary N) is 1. The first-order valence-corrected chi connectivity index (χ1v) is 12.4. The van der Waals surface area contributed by atoms with Gasteiger partial charge >= 0.3 is 0 Å². The molecule has 0 saturated carbocycles. The zero-order valence-corrected chi connectivity index (χ0v) is 20.4. The molecule has 1 amide bonds. The summed E-state index contributed by atoms with van der Waals surface area (Å²) in [6, 6.07) is 19.0. The third-order valence-corrected chi connectivity index (χ3v) is 7.64. The van der Waals surface area contributed by atoms with Crippen LogP contribution in [0.4, 0.5) is 5.69 Å². The number of rotatable bonds is 6. The summed E-state index contributed by atoms with van der Waals surface area (Å²) in [7, 11) is -2.34. The van der Waals surface area contributed by atoms with Gasteiger partial charge in [0.2, 0.25) is 0 Å². The molecular weight excluding hydrogens is 452 g/mol. The van der Waals surface area contributed by atoms with Crippen molar-refractivity contribution in [2.45, 2.75) is 37.8 Å². The van der Waals surface area contributed by atoms with Crippen LogP contribution in [-0.2, 0) is 14.8 Å². The van der Waals surface area contributed by atoms with Crippen LogP contribution >= 0.6 is 0 Å². The molecule has 2 atom stereocenters. The number of sulfonamides is 1. The Kier molecular flexibility index (Phi) is 6.52. The van der Waals surface area contributed by atoms with Gasteiger partial charge in [-0.1, -0.05) is 42.0 Å². The molecule has 1 heterocycles. The highest BCUT2D eigenvalue weighted by atomic mass is 32.2. The molecule has 178 valence electrons. The number of ether oxygens (including phenoxy) is 2. The number of fused-ring (bicyclic) bond motifs is 1. The fourth-order valence-corrected chi connectivity index (χ4v) is 5.44. The zero-order chi connectivity index (χ0) is 24.5. The Hall–Kier alpha value is -3.52. The van der Waals surface area contributed by atoms with Crippen LogP contribution in [0.25, 0.3) is 0 Å². The van der Waals surface area contributed by atoms with Crippen LogP contribution in [0.2, 0.25) is 0 Å². The molecule has 3 aromatic carbocycles. The van der Waals surface area contributed by atoms with E-state index >= 15 is 0 Å². The third-order valence-electron chi connectivity index (χ3n) is 5.85. The molecule has 0 fully saturated rings. The number of carbonyl (C=O) groups is 1. The number of anilines is 1. The van der Waals surface area contributed by atoms with E-state index in [4.69, 9.17) is 9.47 Å². The van der Waals surface area contributed by atoms with Crippen molar-refractivity contribution in [2.24, 2.45) is 0 Å². The molecule has 4 rings (SSSR count). The first-order chi connectivity index (χ1) is 16.2. The summed E-state index contributed by atoms with van der Waals surface area (Å²) in [5.74, 6) is 0.593. The predicted molar refractivity (Wildman–Crippen MR) is 131 cm³/mol. The summed E-state index contributed by atoms with van der Waals surface area (Å²) >= 11 is 0. The van der Waals surface area contributed by atoms with Crippen molar-refractivity contribution in [2.75, 3.05) is 18.0 Å². The standard InChI is InChI=1S/C26H28N2O5S/c1-17-9-12-20(13-10-17)34(30,31)28-16-25(33-24-14-11-18(2)15-22(24)28)26(29)27-19(3)21-7-5-6-8-23(21)32-4/h5-15,19,25H,16H2,1-4H3,(H,27,29). The summed E-state index contributed by atoms with van der Waals surface area (Å²) in [5.41, 5.74) is 3.08. The number of carbonyl (C=O) groups excluding carboxylic acids is 1. The van der Waals surface area contributed by atoms with Gasteiger partial charge in [0.05, 0.1) is 30.3 Å². The van der Waals surface area contributed by atoms with E-state index in [9.17, 15) is 13.2 Å². The van der Waals surface area contributed by atoms with Crippen molar-refractivity contribution < 1.29 is 22.7 Å². The Morgan fingerprint density at radius 3 is 2.44 bits per heavy atom. The zero-order valence-electron chi connectivity index (χ0n) is 19.6. The van der Waals surface area contributed by atoms with Crippen molar-refractivity contribution in [3.63, 3.8) is 0 Å². The number of hydrogen-bond donors (Lipinski definition) is 1. The van der Waals surface area contributed by atoms with Crippen molar-refractivity contribution in [3.05, 3.63) is 83.4 Å². The lowest BCUT2D eigenvalue weighted by atomic mass is 10.1. The number of benzene rings is 3. The smallest absolute Gasteiger partial charge is 0.264 e. The van der Waals surface area contributed by atoms with Gasteiger partial charge in [0.25, 0.3) is 15.9 Å². The molecule has 8 heteroatoms. The van der Waals surface area contributed by atoms with E-state index in [2.05, 4.69) is 5.32 Å². The lowest BCUT2D eigenvalue weighted by Gasteiger charge is -2.35. The molecule has 0 bridgehead atoms. The third kappa shape index (κ3) is 4.59. The number of para-hydroxylation sites is 1. The van der Waals surface area contributed by atoms with Crippen LogP contribution in [0.1, 0.15) is 29.7 Å². The van der Waals surface area contributed by atoms with Crippen LogP contribution in [0.5, 0.6) is 11.5 Å². The van der Waals surface area contributed by atoms with Gasteiger partial charge in [0.1, 0.15) is 11.5 Å². The van der Waals surface area contributed by atoms with E-state index < -0.39 is 22.0 Å². The van der Waals surface area contributed by atoms with Crippen molar-refractivity contribution >= 4 is 21.6 Å². The largest absolute Gasteiger partial charge is 0.496 e. The summed E-state index contributed by atoms with van der Waals surface area (Å²) in [6.07, 6.45) is -1.02. The Morgan fingerprint density at radius 2 is 1.74 bits per heavy atom. The van der Waals surface area contributed by atoms with E-state index in [-0.39, 0.29) is 17.5 Å². The van der Waals surface area contributed by atoms with Gasteiger partial charge < -0.3 is 14.8 Å². The quantitative estimate of drug-likeness (QED) is 0.573. The number of amides is 1. The van der Waals surface area contributed by atoms with E-state index in [0.717, 1.165) is 16.7 Å². The topological polar surface area (TPSA) is 84.9 Å². The van der Waals surface area contributed by atoms with Crippen molar-refractivity contribution in [1.29, 1.82) is 0 Å². The molecule has 2 unspecified atom stereocenters. The molecule has 3 aromatic rings. The van der Waals surface area contributed by atoms with Crippen LogP contribution < -0.4 is 19.1 Å². The fraction of sp³-hybridized carbons (Fsp3) is 0.269. The van der Waals surface area contributed by atoms with Gasteiger partial charge in [-0.2, -0.15) is 0 Å². The van der Waals surface area contributed by atoms with Crippen molar-refractivity contribution in [3.8, 4) is 11.5 Å². The number of aryl methyl sites for hydroxylation is 2. The molecule has 1 aliphatic rings. The number of hydrogen-bond acceptors (Lipinski definition) is 5. The molecule has 0 saturated heterocycles.